The molecule has 0 saturated heterocycles. The minimum Gasteiger partial charge on any atom is -0.383 e. The largest absolute Gasteiger partial charge is 0.383 e. The first-order valence-corrected chi connectivity index (χ1v) is 4.60. The van der Waals surface area contributed by atoms with Crippen molar-refractivity contribution < 1.29 is 0 Å². The lowest BCUT2D eigenvalue weighted by molar-refractivity contribution is 0.854. The molecule has 0 amide bonds. The Bertz CT molecular complexity index is 283. The highest BCUT2D eigenvalue weighted by atomic mass is 79.9. The van der Waals surface area contributed by atoms with E-state index in [2.05, 4.69) is 46.4 Å². The van der Waals surface area contributed by atoms with Gasteiger partial charge in [0.2, 0.25) is 0 Å². The van der Waals surface area contributed by atoms with Gasteiger partial charge in [-0.2, -0.15) is 0 Å². The van der Waals surface area contributed by atoms with Crippen molar-refractivity contribution in [2.75, 3.05) is 11.9 Å². The van der Waals surface area contributed by atoms with Crippen LogP contribution >= 0.6 is 15.9 Å². The number of para-hydroxylation sites is 1. The SMILES string of the molecule is C[C@H]1CNc2c(Br)cccc21. The van der Waals surface area contributed by atoms with Crippen LogP contribution in [0.5, 0.6) is 0 Å². The summed E-state index contributed by atoms with van der Waals surface area (Å²) >= 11 is 3.51. The third kappa shape index (κ3) is 1.06. The average molecular weight is 212 g/mol. The maximum Gasteiger partial charge on any atom is 0.0520 e. The van der Waals surface area contributed by atoms with E-state index in [1.807, 2.05) is 0 Å². The number of rotatable bonds is 0. The van der Waals surface area contributed by atoms with Crippen molar-refractivity contribution in [2.24, 2.45) is 0 Å². The topological polar surface area (TPSA) is 12.0 Å². The van der Waals surface area contributed by atoms with Gasteiger partial charge in [-0.1, -0.05) is 19.1 Å². The van der Waals surface area contributed by atoms with E-state index in [4.69, 9.17) is 0 Å². The Morgan fingerprint density at radius 2 is 2.36 bits per heavy atom. The summed E-state index contributed by atoms with van der Waals surface area (Å²) in [6, 6.07) is 6.35. The number of hydrogen-bond acceptors (Lipinski definition) is 1. The lowest BCUT2D eigenvalue weighted by Gasteiger charge is -2.02. The van der Waals surface area contributed by atoms with Crippen LogP contribution in [0.2, 0.25) is 0 Å². The molecule has 0 bridgehead atoms. The van der Waals surface area contributed by atoms with Gasteiger partial charge in [-0.25, -0.2) is 0 Å². The first-order chi connectivity index (χ1) is 5.29. The maximum atomic E-state index is 3.51. The molecule has 1 heterocycles. The molecule has 0 fully saturated rings. The molecule has 0 saturated carbocycles. The molecule has 11 heavy (non-hydrogen) atoms. The summed E-state index contributed by atoms with van der Waals surface area (Å²) in [5, 5.41) is 3.37. The van der Waals surface area contributed by atoms with Crippen LogP contribution in [-0.2, 0) is 0 Å². The highest BCUT2D eigenvalue weighted by molar-refractivity contribution is 9.10. The average Bonchev–Trinajstić information content (AvgIpc) is 2.35. The molecule has 0 unspecified atom stereocenters. The summed E-state index contributed by atoms with van der Waals surface area (Å²) < 4.78 is 1.18. The van der Waals surface area contributed by atoms with E-state index < -0.39 is 0 Å². The number of benzene rings is 1. The van der Waals surface area contributed by atoms with Gasteiger partial charge in [0.15, 0.2) is 0 Å². The van der Waals surface area contributed by atoms with Crippen LogP contribution in [-0.4, -0.2) is 6.54 Å². The minimum absolute atomic E-state index is 0.655. The van der Waals surface area contributed by atoms with E-state index in [9.17, 15) is 0 Å². The number of hydrogen-bond donors (Lipinski definition) is 1. The molecule has 1 aromatic carbocycles. The molecule has 2 rings (SSSR count). The Morgan fingerprint density at radius 1 is 1.55 bits per heavy atom. The molecule has 1 aliphatic heterocycles. The molecule has 1 aliphatic rings. The zero-order valence-corrected chi connectivity index (χ0v) is 7.98. The van der Waals surface area contributed by atoms with Gasteiger partial charge < -0.3 is 5.32 Å². The fourth-order valence-corrected chi connectivity index (χ4v) is 2.02. The predicted octanol–water partition coefficient (Wildman–Crippen LogP) is 2.98. The monoisotopic (exact) mass is 211 g/mol. The van der Waals surface area contributed by atoms with Crippen LogP contribution in [0.3, 0.4) is 0 Å². The van der Waals surface area contributed by atoms with Gasteiger partial charge >= 0.3 is 0 Å². The van der Waals surface area contributed by atoms with Gasteiger partial charge in [0, 0.05) is 16.9 Å². The van der Waals surface area contributed by atoms with E-state index in [1.54, 1.807) is 0 Å². The summed E-state index contributed by atoms with van der Waals surface area (Å²) in [7, 11) is 0. The predicted molar refractivity (Wildman–Crippen MR) is 51.0 cm³/mol. The van der Waals surface area contributed by atoms with E-state index >= 15 is 0 Å². The third-order valence-electron chi connectivity index (χ3n) is 2.16. The van der Waals surface area contributed by atoms with E-state index in [1.165, 1.54) is 15.7 Å². The second kappa shape index (κ2) is 2.52. The van der Waals surface area contributed by atoms with E-state index in [0.717, 1.165) is 6.54 Å². The number of fused-ring (bicyclic) bond motifs is 1. The molecule has 0 aromatic heterocycles. The van der Waals surface area contributed by atoms with Crippen LogP contribution in [0, 0.1) is 0 Å². The molecular weight excluding hydrogens is 202 g/mol. The standard InChI is InChI=1S/C9H10BrN/c1-6-5-11-9-7(6)3-2-4-8(9)10/h2-4,6,11H,5H2,1H3/t6-/m0/s1. The molecule has 0 radical (unpaired) electrons. The summed E-state index contributed by atoms with van der Waals surface area (Å²) in [6.07, 6.45) is 0. The molecule has 2 heteroatoms. The van der Waals surface area contributed by atoms with Crippen molar-refractivity contribution in [2.45, 2.75) is 12.8 Å². The van der Waals surface area contributed by atoms with Crippen molar-refractivity contribution >= 4 is 21.6 Å². The smallest absolute Gasteiger partial charge is 0.0520 e. The van der Waals surface area contributed by atoms with Crippen molar-refractivity contribution in [1.29, 1.82) is 0 Å². The Kier molecular flexibility index (Phi) is 1.64. The van der Waals surface area contributed by atoms with Crippen LogP contribution in [0.1, 0.15) is 18.4 Å². The lowest BCUT2D eigenvalue weighted by Crippen LogP contribution is -1.96. The Labute approximate surface area is 74.9 Å². The highest BCUT2D eigenvalue weighted by Gasteiger charge is 2.18. The van der Waals surface area contributed by atoms with Gasteiger partial charge in [0.25, 0.3) is 0 Å². The van der Waals surface area contributed by atoms with E-state index in [0.29, 0.717) is 5.92 Å². The Hall–Kier alpha value is -0.500. The van der Waals surface area contributed by atoms with Gasteiger partial charge in [-0.05, 0) is 27.6 Å². The third-order valence-corrected chi connectivity index (χ3v) is 2.82. The number of nitrogens with one attached hydrogen (secondary N) is 1. The summed E-state index contributed by atoms with van der Waals surface area (Å²) in [4.78, 5) is 0. The highest BCUT2D eigenvalue weighted by Crippen LogP contribution is 2.36. The molecular formula is C9H10BrN. The van der Waals surface area contributed by atoms with Crippen molar-refractivity contribution in [3.05, 3.63) is 28.2 Å². The maximum absolute atomic E-state index is 3.51. The summed E-state index contributed by atoms with van der Waals surface area (Å²) in [6.45, 7) is 3.31. The van der Waals surface area contributed by atoms with Crippen LogP contribution < -0.4 is 5.32 Å². The Balaban J connectivity index is 2.57. The van der Waals surface area contributed by atoms with Gasteiger partial charge in [0.05, 0.1) is 5.69 Å². The normalized spacial score (nSPS) is 21.1. The van der Waals surface area contributed by atoms with Gasteiger partial charge in [0.1, 0.15) is 0 Å². The quantitative estimate of drug-likeness (QED) is 0.697. The van der Waals surface area contributed by atoms with Crippen LogP contribution in [0.15, 0.2) is 22.7 Å². The summed E-state index contributed by atoms with van der Waals surface area (Å²) in [5.41, 5.74) is 2.71. The zero-order chi connectivity index (χ0) is 7.84. The van der Waals surface area contributed by atoms with Crippen molar-refractivity contribution in [3.63, 3.8) is 0 Å². The molecule has 0 spiro atoms. The fourth-order valence-electron chi connectivity index (χ4n) is 1.50. The Morgan fingerprint density at radius 3 is 3.09 bits per heavy atom. The summed E-state index contributed by atoms with van der Waals surface area (Å²) in [5.74, 6) is 0.655. The molecule has 1 nitrogen and oxygen atoms in total. The van der Waals surface area contributed by atoms with Crippen LogP contribution in [0.25, 0.3) is 0 Å². The van der Waals surface area contributed by atoms with Crippen molar-refractivity contribution in [3.8, 4) is 0 Å². The molecule has 0 aliphatic carbocycles. The second-order valence-corrected chi connectivity index (χ2v) is 3.84. The van der Waals surface area contributed by atoms with Gasteiger partial charge in [-0.15, -0.1) is 0 Å². The fraction of sp³-hybridized carbons (Fsp3) is 0.333. The lowest BCUT2D eigenvalue weighted by atomic mass is 10.0. The molecule has 1 N–H and O–H groups in total. The number of anilines is 1. The molecule has 1 aromatic rings. The first kappa shape index (κ1) is 7.17. The van der Waals surface area contributed by atoms with Crippen LogP contribution in [0.4, 0.5) is 5.69 Å². The van der Waals surface area contributed by atoms with E-state index in [-0.39, 0.29) is 0 Å². The zero-order valence-electron chi connectivity index (χ0n) is 6.39. The van der Waals surface area contributed by atoms with Crippen molar-refractivity contribution in [1.82, 2.24) is 0 Å². The van der Waals surface area contributed by atoms with Gasteiger partial charge in [-0.3, -0.25) is 0 Å². The number of halogens is 1. The minimum atomic E-state index is 0.655. The second-order valence-electron chi connectivity index (χ2n) is 2.99. The first-order valence-electron chi connectivity index (χ1n) is 3.81. The molecule has 58 valence electrons. The molecule has 1 atom stereocenters.